The van der Waals surface area contributed by atoms with E-state index in [-0.39, 0.29) is 5.91 Å². The zero-order valence-electron chi connectivity index (χ0n) is 18.2. The molecule has 166 valence electrons. The number of nitrogens with zero attached hydrogens (tertiary/aromatic N) is 4. The van der Waals surface area contributed by atoms with E-state index < -0.39 is 0 Å². The van der Waals surface area contributed by atoms with Crippen molar-refractivity contribution < 1.29 is 9.21 Å². The fourth-order valence-corrected chi connectivity index (χ4v) is 4.03. The zero-order chi connectivity index (χ0) is 22.5. The van der Waals surface area contributed by atoms with Crippen molar-refractivity contribution in [3.05, 3.63) is 96.4 Å². The largest absolute Gasteiger partial charge is 0.423 e. The molecule has 1 aromatic heterocycles. The van der Waals surface area contributed by atoms with Crippen LogP contribution in [0.1, 0.15) is 15.9 Å². The first kappa shape index (κ1) is 20.9. The first-order valence-corrected chi connectivity index (χ1v) is 11.0. The van der Waals surface area contributed by atoms with Gasteiger partial charge in [-0.05, 0) is 54.1 Å². The number of benzene rings is 3. The number of hydrogen-bond donors (Lipinski definition) is 1. The lowest BCUT2D eigenvalue weighted by Gasteiger charge is -2.36. The monoisotopic (exact) mass is 439 g/mol. The summed E-state index contributed by atoms with van der Waals surface area (Å²) in [4.78, 5) is 17.5. The van der Waals surface area contributed by atoms with Gasteiger partial charge in [0.25, 0.3) is 5.91 Å². The van der Waals surface area contributed by atoms with Gasteiger partial charge in [0.05, 0.1) is 0 Å². The minimum atomic E-state index is -0.158. The van der Waals surface area contributed by atoms with Crippen molar-refractivity contribution in [1.82, 2.24) is 15.1 Å². The van der Waals surface area contributed by atoms with Crippen molar-refractivity contribution >= 4 is 17.3 Å². The Morgan fingerprint density at radius 3 is 2.27 bits per heavy atom. The molecule has 1 amide bonds. The molecule has 1 N–H and O–H groups in total. The molecule has 2 heterocycles. The van der Waals surface area contributed by atoms with Gasteiger partial charge < -0.3 is 14.6 Å². The molecule has 0 atom stereocenters. The Morgan fingerprint density at radius 1 is 0.879 bits per heavy atom. The number of carbonyl (C=O) groups excluding carboxylic acids is 1. The van der Waals surface area contributed by atoms with E-state index in [0.29, 0.717) is 11.5 Å². The second kappa shape index (κ2) is 9.67. The first-order valence-electron chi connectivity index (χ1n) is 11.0. The number of hydrogen-bond acceptors (Lipinski definition) is 6. The first-order chi connectivity index (χ1) is 16.2. The highest BCUT2D eigenvalue weighted by molar-refractivity contribution is 6.04. The predicted molar refractivity (Wildman–Crippen MR) is 128 cm³/mol. The van der Waals surface area contributed by atoms with Crippen LogP contribution in [0.2, 0.25) is 0 Å². The molecular weight excluding hydrogens is 414 g/mol. The number of carbonyl (C=O) groups is 1. The van der Waals surface area contributed by atoms with Crippen LogP contribution in [0.5, 0.6) is 0 Å². The van der Waals surface area contributed by atoms with E-state index in [1.54, 1.807) is 24.3 Å². The molecule has 0 spiro atoms. The minimum absolute atomic E-state index is 0.158. The maximum atomic E-state index is 12.6. The Balaban J connectivity index is 1.14. The molecule has 7 heteroatoms. The average molecular weight is 440 g/mol. The van der Waals surface area contributed by atoms with E-state index in [9.17, 15) is 4.79 Å². The molecular formula is C26H25N5O2. The van der Waals surface area contributed by atoms with Crippen LogP contribution in [-0.4, -0.2) is 47.2 Å². The van der Waals surface area contributed by atoms with Crippen LogP contribution in [0.3, 0.4) is 0 Å². The fraction of sp³-hybridized carbons (Fsp3) is 0.192. The summed E-state index contributed by atoms with van der Waals surface area (Å²) in [5.74, 6) is 0.271. The second-order valence-electron chi connectivity index (χ2n) is 8.07. The van der Waals surface area contributed by atoms with E-state index >= 15 is 0 Å². The average Bonchev–Trinajstić information content (AvgIpc) is 3.41. The summed E-state index contributed by atoms with van der Waals surface area (Å²) in [7, 11) is 0. The highest BCUT2D eigenvalue weighted by Gasteiger charge is 2.17. The Bertz CT molecular complexity index is 1170. The Morgan fingerprint density at radius 2 is 1.61 bits per heavy atom. The molecule has 5 rings (SSSR count). The molecule has 4 aromatic rings. The number of piperazine rings is 1. The summed E-state index contributed by atoms with van der Waals surface area (Å²) >= 11 is 0. The van der Waals surface area contributed by atoms with Crippen molar-refractivity contribution in [2.45, 2.75) is 6.54 Å². The van der Waals surface area contributed by atoms with Gasteiger partial charge in [0, 0.05) is 55.2 Å². The number of amides is 1. The third-order valence-corrected chi connectivity index (χ3v) is 5.87. The van der Waals surface area contributed by atoms with E-state index in [2.05, 4.69) is 67.8 Å². The number of rotatable bonds is 6. The summed E-state index contributed by atoms with van der Waals surface area (Å²) < 4.78 is 5.18. The second-order valence-corrected chi connectivity index (χ2v) is 8.07. The summed E-state index contributed by atoms with van der Waals surface area (Å²) in [5, 5.41) is 10.5. The number of nitrogens with one attached hydrogen (secondary N) is 1. The molecule has 7 nitrogen and oxygen atoms in total. The number of anilines is 2. The molecule has 1 aliphatic rings. The quantitative estimate of drug-likeness (QED) is 0.483. The molecule has 33 heavy (non-hydrogen) atoms. The van der Waals surface area contributed by atoms with Gasteiger partial charge in [-0.25, -0.2) is 0 Å². The van der Waals surface area contributed by atoms with Gasteiger partial charge in [0.15, 0.2) is 0 Å². The maximum Gasteiger partial charge on any atom is 0.255 e. The van der Waals surface area contributed by atoms with E-state index in [0.717, 1.165) is 44.0 Å². The number of aromatic nitrogens is 2. The van der Waals surface area contributed by atoms with Crippen LogP contribution in [-0.2, 0) is 6.54 Å². The molecule has 3 aromatic carbocycles. The summed E-state index contributed by atoms with van der Waals surface area (Å²) in [6, 6.07) is 25.7. The van der Waals surface area contributed by atoms with Crippen LogP contribution < -0.4 is 10.2 Å². The molecule has 0 aliphatic carbocycles. The Kier molecular flexibility index (Phi) is 6.12. The lowest BCUT2D eigenvalue weighted by atomic mass is 10.1. The Labute approximate surface area is 192 Å². The highest BCUT2D eigenvalue weighted by Crippen LogP contribution is 2.21. The fourth-order valence-electron chi connectivity index (χ4n) is 4.03. The maximum absolute atomic E-state index is 12.6. The SMILES string of the molecule is O=C(Nc1ccc(N2CCN(Cc3ccccc3)CC2)cc1)c1ccc(-c2nnco2)cc1. The standard InChI is InChI=1S/C26H25N5O2/c32-25(21-6-8-22(9-7-21)26-29-27-19-33-26)28-23-10-12-24(13-11-23)31-16-14-30(15-17-31)18-20-4-2-1-3-5-20/h1-13,19H,14-18H2,(H,28,32). The van der Waals surface area contributed by atoms with Gasteiger partial charge >= 0.3 is 0 Å². The molecule has 1 fully saturated rings. The van der Waals surface area contributed by atoms with Crippen LogP contribution >= 0.6 is 0 Å². The van der Waals surface area contributed by atoms with Gasteiger partial charge in [-0.3, -0.25) is 9.69 Å². The van der Waals surface area contributed by atoms with Gasteiger partial charge in [0.1, 0.15) is 0 Å². The van der Waals surface area contributed by atoms with Gasteiger partial charge in [-0.15, -0.1) is 10.2 Å². The van der Waals surface area contributed by atoms with Crippen molar-refractivity contribution in [3.63, 3.8) is 0 Å². The molecule has 1 aliphatic heterocycles. The van der Waals surface area contributed by atoms with Crippen molar-refractivity contribution in [2.24, 2.45) is 0 Å². The molecule has 1 saturated heterocycles. The van der Waals surface area contributed by atoms with Crippen LogP contribution in [0.15, 0.2) is 89.7 Å². The molecule has 0 radical (unpaired) electrons. The van der Waals surface area contributed by atoms with Crippen LogP contribution in [0, 0.1) is 0 Å². The van der Waals surface area contributed by atoms with Crippen molar-refractivity contribution in [1.29, 1.82) is 0 Å². The minimum Gasteiger partial charge on any atom is -0.423 e. The van der Waals surface area contributed by atoms with E-state index in [1.807, 2.05) is 12.1 Å². The van der Waals surface area contributed by atoms with E-state index in [1.165, 1.54) is 17.6 Å². The van der Waals surface area contributed by atoms with Crippen LogP contribution in [0.4, 0.5) is 11.4 Å². The topological polar surface area (TPSA) is 74.5 Å². The zero-order valence-corrected chi connectivity index (χ0v) is 18.2. The van der Waals surface area contributed by atoms with Gasteiger partial charge in [-0.2, -0.15) is 0 Å². The normalized spacial score (nSPS) is 14.2. The molecule has 0 bridgehead atoms. The van der Waals surface area contributed by atoms with Gasteiger partial charge in [-0.1, -0.05) is 30.3 Å². The summed E-state index contributed by atoms with van der Waals surface area (Å²) in [6.45, 7) is 5.05. The molecule has 0 unspecified atom stereocenters. The summed E-state index contributed by atoms with van der Waals surface area (Å²) in [5.41, 5.74) is 4.65. The predicted octanol–water partition coefficient (Wildman–Crippen LogP) is 4.31. The highest BCUT2D eigenvalue weighted by atomic mass is 16.4. The van der Waals surface area contributed by atoms with E-state index in [4.69, 9.17) is 4.42 Å². The van der Waals surface area contributed by atoms with Crippen molar-refractivity contribution in [3.8, 4) is 11.5 Å². The Hall–Kier alpha value is -3.97. The van der Waals surface area contributed by atoms with Gasteiger partial charge in [0.2, 0.25) is 12.3 Å². The lowest BCUT2D eigenvalue weighted by Crippen LogP contribution is -2.45. The smallest absolute Gasteiger partial charge is 0.255 e. The van der Waals surface area contributed by atoms with Crippen LogP contribution in [0.25, 0.3) is 11.5 Å². The molecule has 0 saturated carbocycles. The van der Waals surface area contributed by atoms with Crippen molar-refractivity contribution in [2.75, 3.05) is 36.4 Å². The third kappa shape index (κ3) is 5.10. The summed E-state index contributed by atoms with van der Waals surface area (Å²) in [6.07, 6.45) is 1.28. The lowest BCUT2D eigenvalue weighted by molar-refractivity contribution is 0.102. The third-order valence-electron chi connectivity index (χ3n) is 5.87.